The second-order valence-electron chi connectivity index (χ2n) is 3.80. The maximum atomic E-state index is 11.4. The monoisotopic (exact) mass is 224 g/mol. The van der Waals surface area contributed by atoms with Gasteiger partial charge in [-0.3, -0.25) is 4.79 Å². The van der Waals surface area contributed by atoms with Crippen LogP contribution >= 0.6 is 0 Å². The van der Waals surface area contributed by atoms with Crippen LogP contribution in [0, 0.1) is 0 Å². The third-order valence-corrected chi connectivity index (χ3v) is 2.52. The molecule has 5 heteroatoms. The molecule has 0 saturated carbocycles. The molecule has 0 bridgehead atoms. The second kappa shape index (κ2) is 5.67. The molecule has 0 aromatic carbocycles. The molecule has 1 aromatic rings. The van der Waals surface area contributed by atoms with E-state index >= 15 is 0 Å². The number of ether oxygens (including phenoxy) is 1. The summed E-state index contributed by atoms with van der Waals surface area (Å²) in [5, 5.41) is 5.92. The highest BCUT2D eigenvalue weighted by atomic mass is 16.5. The van der Waals surface area contributed by atoms with Crippen molar-refractivity contribution in [1.82, 2.24) is 10.6 Å². The standard InChI is InChI=1S/C11H16N2O3/c14-11(7-12-9-3-5-15-8-9)13-6-10-2-1-4-16-10/h1-2,4,9,12H,3,5-8H2,(H,13,14). The Kier molecular flexibility index (Phi) is 3.96. The highest BCUT2D eigenvalue weighted by molar-refractivity contribution is 5.77. The van der Waals surface area contributed by atoms with Crippen molar-refractivity contribution in [3.05, 3.63) is 24.2 Å². The summed E-state index contributed by atoms with van der Waals surface area (Å²) < 4.78 is 10.3. The maximum absolute atomic E-state index is 11.4. The fourth-order valence-electron chi connectivity index (χ4n) is 1.59. The zero-order chi connectivity index (χ0) is 11.2. The first kappa shape index (κ1) is 11.2. The molecular formula is C11H16N2O3. The Morgan fingerprint density at radius 2 is 2.50 bits per heavy atom. The summed E-state index contributed by atoms with van der Waals surface area (Å²) in [5.74, 6) is 0.737. The largest absolute Gasteiger partial charge is 0.467 e. The summed E-state index contributed by atoms with van der Waals surface area (Å²) in [4.78, 5) is 11.4. The number of furan rings is 1. The van der Waals surface area contributed by atoms with E-state index in [1.807, 2.05) is 6.07 Å². The quantitative estimate of drug-likeness (QED) is 0.753. The van der Waals surface area contributed by atoms with Gasteiger partial charge in [0.2, 0.25) is 5.91 Å². The van der Waals surface area contributed by atoms with Crippen LogP contribution in [0.3, 0.4) is 0 Å². The molecule has 2 N–H and O–H groups in total. The SMILES string of the molecule is O=C(CNC1CCOC1)NCc1ccco1. The van der Waals surface area contributed by atoms with Gasteiger partial charge in [-0.2, -0.15) is 0 Å². The van der Waals surface area contributed by atoms with E-state index in [1.54, 1.807) is 12.3 Å². The summed E-state index contributed by atoms with van der Waals surface area (Å²) >= 11 is 0. The van der Waals surface area contributed by atoms with Crippen LogP contribution in [0.2, 0.25) is 0 Å². The molecule has 5 nitrogen and oxygen atoms in total. The molecule has 1 saturated heterocycles. The molecule has 2 rings (SSSR count). The third kappa shape index (κ3) is 3.36. The Morgan fingerprint density at radius 1 is 1.56 bits per heavy atom. The summed E-state index contributed by atoms with van der Waals surface area (Å²) in [6, 6.07) is 3.95. The van der Waals surface area contributed by atoms with Crippen LogP contribution in [0.25, 0.3) is 0 Å². The van der Waals surface area contributed by atoms with Gasteiger partial charge in [0.05, 0.1) is 26.0 Å². The molecule has 88 valence electrons. The first-order chi connectivity index (χ1) is 7.84. The van der Waals surface area contributed by atoms with Crippen LogP contribution in [-0.2, 0) is 16.1 Å². The Balaban J connectivity index is 1.60. The summed E-state index contributed by atoms with van der Waals surface area (Å²) in [6.45, 7) is 2.25. The van der Waals surface area contributed by atoms with Crippen LogP contribution in [0.5, 0.6) is 0 Å². The van der Waals surface area contributed by atoms with E-state index in [2.05, 4.69) is 10.6 Å². The van der Waals surface area contributed by atoms with Crippen molar-refractivity contribution in [2.24, 2.45) is 0 Å². The van der Waals surface area contributed by atoms with Crippen LogP contribution in [-0.4, -0.2) is 31.7 Å². The predicted molar refractivity (Wildman–Crippen MR) is 57.8 cm³/mol. The lowest BCUT2D eigenvalue weighted by Crippen LogP contribution is -2.39. The molecule has 1 amide bonds. The summed E-state index contributed by atoms with van der Waals surface area (Å²) in [5.41, 5.74) is 0. The van der Waals surface area contributed by atoms with Gasteiger partial charge >= 0.3 is 0 Å². The first-order valence-corrected chi connectivity index (χ1v) is 5.45. The minimum atomic E-state index is -0.0247. The van der Waals surface area contributed by atoms with Crippen molar-refractivity contribution >= 4 is 5.91 Å². The average Bonchev–Trinajstić information content (AvgIpc) is 2.96. The number of carbonyl (C=O) groups excluding carboxylic acids is 1. The Labute approximate surface area is 94.1 Å². The van der Waals surface area contributed by atoms with Gasteiger partial charge in [-0.15, -0.1) is 0 Å². The van der Waals surface area contributed by atoms with E-state index in [1.165, 1.54) is 0 Å². The maximum Gasteiger partial charge on any atom is 0.234 e. The molecule has 1 unspecified atom stereocenters. The van der Waals surface area contributed by atoms with E-state index in [0.29, 0.717) is 25.7 Å². The molecule has 1 aromatic heterocycles. The van der Waals surface area contributed by atoms with Crippen molar-refractivity contribution in [3.63, 3.8) is 0 Å². The molecule has 1 fully saturated rings. The summed E-state index contributed by atoms with van der Waals surface area (Å²) in [7, 11) is 0. The van der Waals surface area contributed by atoms with Crippen molar-refractivity contribution in [2.45, 2.75) is 19.0 Å². The first-order valence-electron chi connectivity index (χ1n) is 5.45. The lowest BCUT2D eigenvalue weighted by Gasteiger charge is -2.09. The number of rotatable bonds is 5. The zero-order valence-corrected chi connectivity index (χ0v) is 9.07. The van der Waals surface area contributed by atoms with Gasteiger partial charge in [0, 0.05) is 12.6 Å². The summed E-state index contributed by atoms with van der Waals surface area (Å²) in [6.07, 6.45) is 2.57. The van der Waals surface area contributed by atoms with E-state index in [0.717, 1.165) is 18.8 Å². The number of hydrogen-bond acceptors (Lipinski definition) is 4. The van der Waals surface area contributed by atoms with Crippen LogP contribution in [0.1, 0.15) is 12.2 Å². The highest BCUT2D eigenvalue weighted by Crippen LogP contribution is 2.02. The van der Waals surface area contributed by atoms with Gasteiger partial charge in [-0.1, -0.05) is 0 Å². The molecule has 1 atom stereocenters. The van der Waals surface area contributed by atoms with Crippen LogP contribution in [0.4, 0.5) is 0 Å². The Hall–Kier alpha value is -1.33. The lowest BCUT2D eigenvalue weighted by molar-refractivity contribution is -0.120. The minimum absolute atomic E-state index is 0.0247. The van der Waals surface area contributed by atoms with Gasteiger partial charge < -0.3 is 19.8 Å². The van der Waals surface area contributed by atoms with Crippen molar-refractivity contribution in [2.75, 3.05) is 19.8 Å². The number of amides is 1. The molecular weight excluding hydrogens is 208 g/mol. The normalized spacial score (nSPS) is 19.9. The molecule has 0 aliphatic carbocycles. The van der Waals surface area contributed by atoms with Gasteiger partial charge in [-0.25, -0.2) is 0 Å². The number of hydrogen-bond donors (Lipinski definition) is 2. The minimum Gasteiger partial charge on any atom is -0.467 e. The molecule has 0 spiro atoms. The van der Waals surface area contributed by atoms with E-state index < -0.39 is 0 Å². The molecule has 1 aliphatic rings. The highest BCUT2D eigenvalue weighted by Gasteiger charge is 2.15. The smallest absolute Gasteiger partial charge is 0.234 e. The van der Waals surface area contributed by atoms with Crippen molar-refractivity contribution in [3.8, 4) is 0 Å². The fraction of sp³-hybridized carbons (Fsp3) is 0.545. The predicted octanol–water partition coefficient (Wildman–Crippen LogP) is 0.274. The van der Waals surface area contributed by atoms with E-state index in [4.69, 9.17) is 9.15 Å². The van der Waals surface area contributed by atoms with Crippen LogP contribution in [0.15, 0.2) is 22.8 Å². The molecule has 1 aliphatic heterocycles. The molecule has 16 heavy (non-hydrogen) atoms. The van der Waals surface area contributed by atoms with E-state index in [-0.39, 0.29) is 5.91 Å². The van der Waals surface area contributed by atoms with Crippen molar-refractivity contribution in [1.29, 1.82) is 0 Å². The van der Waals surface area contributed by atoms with Crippen LogP contribution < -0.4 is 10.6 Å². The lowest BCUT2D eigenvalue weighted by atomic mass is 10.2. The van der Waals surface area contributed by atoms with Crippen molar-refractivity contribution < 1.29 is 13.9 Å². The van der Waals surface area contributed by atoms with E-state index in [9.17, 15) is 4.79 Å². The third-order valence-electron chi connectivity index (χ3n) is 2.52. The van der Waals surface area contributed by atoms with Gasteiger partial charge in [0.25, 0.3) is 0 Å². The van der Waals surface area contributed by atoms with Gasteiger partial charge in [-0.05, 0) is 18.6 Å². The molecule has 2 heterocycles. The Bertz CT molecular complexity index is 318. The zero-order valence-electron chi connectivity index (χ0n) is 9.07. The Morgan fingerprint density at radius 3 is 3.19 bits per heavy atom. The fourth-order valence-corrected chi connectivity index (χ4v) is 1.59. The average molecular weight is 224 g/mol. The number of nitrogens with one attached hydrogen (secondary N) is 2. The number of carbonyl (C=O) groups is 1. The topological polar surface area (TPSA) is 63.5 Å². The van der Waals surface area contributed by atoms with Gasteiger partial charge in [0.1, 0.15) is 5.76 Å². The molecule has 0 radical (unpaired) electrons. The second-order valence-corrected chi connectivity index (χ2v) is 3.80. The van der Waals surface area contributed by atoms with Gasteiger partial charge in [0.15, 0.2) is 0 Å².